The van der Waals surface area contributed by atoms with Crippen molar-refractivity contribution in [1.82, 2.24) is 10.5 Å². The van der Waals surface area contributed by atoms with Crippen LogP contribution in [0, 0.1) is 13.8 Å². The molecule has 1 N–H and O–H groups in total. The monoisotopic (exact) mass is 224 g/mol. The molecule has 0 bridgehead atoms. The second-order valence-corrected chi connectivity index (χ2v) is 4.02. The molecule has 88 valence electrons. The number of aromatic nitrogens is 1. The van der Waals surface area contributed by atoms with Crippen molar-refractivity contribution in [2.24, 2.45) is 0 Å². The van der Waals surface area contributed by atoms with Crippen LogP contribution in [0.25, 0.3) is 0 Å². The molecule has 1 fully saturated rings. The number of amides is 1. The number of aryl methyl sites for hydroxylation is 2. The molecular weight excluding hydrogens is 208 g/mol. The molecule has 1 saturated heterocycles. The van der Waals surface area contributed by atoms with Gasteiger partial charge in [-0.15, -0.1) is 0 Å². The molecule has 1 aliphatic heterocycles. The van der Waals surface area contributed by atoms with Crippen LogP contribution in [0.1, 0.15) is 29.9 Å². The number of nitrogens with zero attached hydrogens (tertiary/aromatic N) is 1. The lowest BCUT2D eigenvalue weighted by molar-refractivity contribution is -0.130. The van der Waals surface area contributed by atoms with E-state index in [9.17, 15) is 4.79 Å². The Balaban J connectivity index is 1.89. The van der Waals surface area contributed by atoms with Gasteiger partial charge in [0.1, 0.15) is 11.9 Å². The zero-order chi connectivity index (χ0) is 11.5. The summed E-state index contributed by atoms with van der Waals surface area (Å²) in [6, 6.07) is 0. The molecule has 0 aromatic carbocycles. The first-order chi connectivity index (χ1) is 7.68. The van der Waals surface area contributed by atoms with Crippen molar-refractivity contribution in [3.05, 3.63) is 17.0 Å². The van der Waals surface area contributed by atoms with Gasteiger partial charge in [0.15, 0.2) is 0 Å². The summed E-state index contributed by atoms with van der Waals surface area (Å²) >= 11 is 0. The molecule has 1 aromatic heterocycles. The van der Waals surface area contributed by atoms with E-state index in [4.69, 9.17) is 9.26 Å². The van der Waals surface area contributed by atoms with Gasteiger partial charge in [-0.25, -0.2) is 0 Å². The van der Waals surface area contributed by atoms with Gasteiger partial charge in [0, 0.05) is 18.7 Å². The molecule has 1 unspecified atom stereocenters. The van der Waals surface area contributed by atoms with E-state index in [1.807, 2.05) is 13.8 Å². The highest BCUT2D eigenvalue weighted by molar-refractivity contribution is 5.80. The van der Waals surface area contributed by atoms with Gasteiger partial charge in [-0.3, -0.25) is 4.79 Å². The van der Waals surface area contributed by atoms with Crippen LogP contribution in [0.5, 0.6) is 0 Å². The third-order valence-electron chi connectivity index (χ3n) is 2.84. The van der Waals surface area contributed by atoms with E-state index in [0.29, 0.717) is 13.2 Å². The quantitative estimate of drug-likeness (QED) is 0.834. The summed E-state index contributed by atoms with van der Waals surface area (Å²) in [5.41, 5.74) is 1.77. The smallest absolute Gasteiger partial charge is 0.249 e. The summed E-state index contributed by atoms with van der Waals surface area (Å²) in [7, 11) is 0. The predicted octanol–water partition coefficient (Wildman–Crippen LogP) is 1.09. The molecule has 0 saturated carbocycles. The number of hydrogen-bond acceptors (Lipinski definition) is 4. The molecule has 5 nitrogen and oxygen atoms in total. The van der Waals surface area contributed by atoms with Crippen LogP contribution in [-0.2, 0) is 16.1 Å². The SMILES string of the molecule is Cc1noc(C)c1CNC(=O)C1CCCO1. The number of rotatable bonds is 3. The summed E-state index contributed by atoms with van der Waals surface area (Å²) in [6.07, 6.45) is 1.50. The maximum Gasteiger partial charge on any atom is 0.249 e. The van der Waals surface area contributed by atoms with Crippen LogP contribution in [0.4, 0.5) is 0 Å². The standard InChI is InChI=1S/C11H16N2O3/c1-7-9(8(2)16-13-7)6-12-11(14)10-4-3-5-15-10/h10H,3-6H2,1-2H3,(H,12,14). The van der Waals surface area contributed by atoms with Crippen LogP contribution >= 0.6 is 0 Å². The number of hydrogen-bond donors (Lipinski definition) is 1. The van der Waals surface area contributed by atoms with Crippen LogP contribution in [0.15, 0.2) is 4.52 Å². The minimum atomic E-state index is -0.277. The molecule has 16 heavy (non-hydrogen) atoms. The fourth-order valence-corrected chi connectivity index (χ4v) is 1.83. The molecular formula is C11H16N2O3. The largest absolute Gasteiger partial charge is 0.368 e. The number of ether oxygens (including phenoxy) is 1. The Morgan fingerprint density at radius 1 is 1.56 bits per heavy atom. The van der Waals surface area contributed by atoms with Gasteiger partial charge >= 0.3 is 0 Å². The second-order valence-electron chi connectivity index (χ2n) is 4.02. The fourth-order valence-electron chi connectivity index (χ4n) is 1.83. The van der Waals surface area contributed by atoms with E-state index in [-0.39, 0.29) is 12.0 Å². The van der Waals surface area contributed by atoms with Gasteiger partial charge in [0.2, 0.25) is 5.91 Å². The van der Waals surface area contributed by atoms with E-state index in [0.717, 1.165) is 29.9 Å². The van der Waals surface area contributed by atoms with Gasteiger partial charge in [0.25, 0.3) is 0 Å². The van der Waals surface area contributed by atoms with E-state index in [1.165, 1.54) is 0 Å². The summed E-state index contributed by atoms with van der Waals surface area (Å²) in [5.74, 6) is 0.711. The molecule has 1 amide bonds. The molecule has 0 aliphatic carbocycles. The Hall–Kier alpha value is -1.36. The third kappa shape index (κ3) is 2.24. The summed E-state index contributed by atoms with van der Waals surface area (Å²) in [4.78, 5) is 11.7. The Bertz CT molecular complexity index is 361. The van der Waals surface area contributed by atoms with Gasteiger partial charge in [-0.05, 0) is 26.7 Å². The molecule has 2 heterocycles. The lowest BCUT2D eigenvalue weighted by Crippen LogP contribution is -2.33. The van der Waals surface area contributed by atoms with Crippen molar-refractivity contribution in [3.8, 4) is 0 Å². The fraction of sp³-hybridized carbons (Fsp3) is 0.636. The lowest BCUT2D eigenvalue weighted by Gasteiger charge is -2.09. The zero-order valence-electron chi connectivity index (χ0n) is 9.58. The van der Waals surface area contributed by atoms with Crippen molar-refractivity contribution in [3.63, 3.8) is 0 Å². The maximum atomic E-state index is 11.7. The third-order valence-corrected chi connectivity index (χ3v) is 2.84. The van der Waals surface area contributed by atoms with E-state index < -0.39 is 0 Å². The minimum Gasteiger partial charge on any atom is -0.368 e. The molecule has 1 aliphatic rings. The van der Waals surface area contributed by atoms with Gasteiger partial charge < -0.3 is 14.6 Å². The molecule has 1 aromatic rings. The number of nitrogens with one attached hydrogen (secondary N) is 1. The molecule has 2 rings (SSSR count). The van der Waals surface area contributed by atoms with E-state index in [2.05, 4.69) is 10.5 Å². The Morgan fingerprint density at radius 3 is 2.94 bits per heavy atom. The highest BCUT2D eigenvalue weighted by atomic mass is 16.5. The van der Waals surface area contributed by atoms with Crippen molar-refractivity contribution in [2.75, 3.05) is 6.61 Å². The first kappa shape index (κ1) is 11.1. The van der Waals surface area contributed by atoms with E-state index >= 15 is 0 Å². The molecule has 5 heteroatoms. The Morgan fingerprint density at radius 2 is 2.38 bits per heavy atom. The van der Waals surface area contributed by atoms with Crippen molar-refractivity contribution >= 4 is 5.91 Å². The van der Waals surface area contributed by atoms with Crippen molar-refractivity contribution < 1.29 is 14.1 Å². The maximum absolute atomic E-state index is 11.7. The average molecular weight is 224 g/mol. The van der Waals surface area contributed by atoms with Gasteiger partial charge in [-0.2, -0.15) is 0 Å². The first-order valence-corrected chi connectivity index (χ1v) is 5.49. The lowest BCUT2D eigenvalue weighted by atomic mass is 10.2. The highest BCUT2D eigenvalue weighted by Gasteiger charge is 2.23. The van der Waals surface area contributed by atoms with Crippen molar-refractivity contribution in [1.29, 1.82) is 0 Å². The van der Waals surface area contributed by atoms with E-state index in [1.54, 1.807) is 0 Å². The number of carbonyl (C=O) groups is 1. The first-order valence-electron chi connectivity index (χ1n) is 5.49. The summed E-state index contributed by atoms with van der Waals surface area (Å²) in [6.45, 7) is 4.85. The van der Waals surface area contributed by atoms with Crippen LogP contribution in [-0.4, -0.2) is 23.8 Å². The Kier molecular flexibility index (Phi) is 3.24. The normalized spacial score (nSPS) is 20.0. The van der Waals surface area contributed by atoms with Crippen LogP contribution < -0.4 is 5.32 Å². The van der Waals surface area contributed by atoms with Crippen LogP contribution in [0.2, 0.25) is 0 Å². The number of carbonyl (C=O) groups excluding carboxylic acids is 1. The van der Waals surface area contributed by atoms with Gasteiger partial charge in [0.05, 0.1) is 5.69 Å². The molecule has 0 spiro atoms. The Labute approximate surface area is 94.1 Å². The predicted molar refractivity (Wildman–Crippen MR) is 56.8 cm³/mol. The average Bonchev–Trinajstić information content (AvgIpc) is 2.87. The minimum absolute atomic E-state index is 0.0440. The van der Waals surface area contributed by atoms with Crippen molar-refractivity contribution in [2.45, 2.75) is 39.3 Å². The topological polar surface area (TPSA) is 64.4 Å². The highest BCUT2D eigenvalue weighted by Crippen LogP contribution is 2.14. The summed E-state index contributed by atoms with van der Waals surface area (Å²) < 4.78 is 10.3. The van der Waals surface area contributed by atoms with Gasteiger partial charge in [-0.1, -0.05) is 5.16 Å². The zero-order valence-corrected chi connectivity index (χ0v) is 9.58. The van der Waals surface area contributed by atoms with Crippen LogP contribution in [0.3, 0.4) is 0 Å². The molecule has 1 atom stereocenters. The summed E-state index contributed by atoms with van der Waals surface area (Å²) in [5, 5.41) is 6.68. The molecule has 0 radical (unpaired) electrons. The second kappa shape index (κ2) is 4.65.